The molecule has 0 bridgehead atoms. The lowest BCUT2D eigenvalue weighted by molar-refractivity contribution is 0.0966. The van der Waals surface area contributed by atoms with Crippen LogP contribution in [0.5, 0.6) is 11.5 Å². The van der Waals surface area contributed by atoms with Crippen molar-refractivity contribution in [2.45, 2.75) is 39.7 Å². The number of hydrogen-bond donors (Lipinski definition) is 1. The fraction of sp³-hybridized carbons (Fsp3) is 0.684. The average molecular weight is 320 g/mol. The lowest BCUT2D eigenvalue weighted by Gasteiger charge is -2.40. The number of hydrogen-bond acceptors (Lipinski definition) is 4. The average Bonchev–Trinajstić information content (AvgIpc) is 2.53. The fourth-order valence-electron chi connectivity index (χ4n) is 3.69. The number of methoxy groups -OCH3 is 1. The Kier molecular flexibility index (Phi) is 6.72. The van der Waals surface area contributed by atoms with Gasteiger partial charge in [-0.1, -0.05) is 26.8 Å². The van der Waals surface area contributed by atoms with E-state index in [1.54, 1.807) is 7.11 Å². The van der Waals surface area contributed by atoms with Crippen LogP contribution < -0.4 is 15.2 Å². The van der Waals surface area contributed by atoms with Gasteiger partial charge in [-0.2, -0.15) is 0 Å². The van der Waals surface area contributed by atoms with Crippen LogP contribution in [0.3, 0.4) is 0 Å². The Balaban J connectivity index is 2.28. The van der Waals surface area contributed by atoms with Gasteiger partial charge in [-0.3, -0.25) is 4.90 Å². The molecule has 130 valence electrons. The highest BCUT2D eigenvalue weighted by Gasteiger charge is 2.29. The van der Waals surface area contributed by atoms with Crippen LogP contribution in [-0.2, 0) is 0 Å². The summed E-state index contributed by atoms with van der Waals surface area (Å²) in [6.45, 7) is 10.3. The smallest absolute Gasteiger partial charge is 0.127 e. The molecule has 0 amide bonds. The van der Waals surface area contributed by atoms with Gasteiger partial charge in [0.25, 0.3) is 0 Å². The Morgan fingerprint density at radius 3 is 2.52 bits per heavy atom. The normalized spacial score (nSPS) is 23.5. The predicted octanol–water partition coefficient (Wildman–Crippen LogP) is 3.46. The third-order valence-corrected chi connectivity index (χ3v) is 4.60. The van der Waals surface area contributed by atoms with E-state index in [0.29, 0.717) is 25.0 Å². The molecule has 1 aromatic carbocycles. The number of nitrogens with two attached hydrogens (primary N) is 1. The van der Waals surface area contributed by atoms with E-state index in [1.165, 1.54) is 12.0 Å². The molecule has 0 aliphatic carbocycles. The topological polar surface area (TPSA) is 47.7 Å². The third-order valence-electron chi connectivity index (χ3n) is 4.60. The summed E-state index contributed by atoms with van der Waals surface area (Å²) in [5.41, 5.74) is 7.35. The molecule has 0 spiro atoms. The first-order chi connectivity index (χ1) is 11.1. The second kappa shape index (κ2) is 8.55. The summed E-state index contributed by atoms with van der Waals surface area (Å²) in [5, 5.41) is 0. The Morgan fingerprint density at radius 2 is 1.96 bits per heavy atom. The van der Waals surface area contributed by atoms with Crippen LogP contribution in [0.1, 0.15) is 45.2 Å². The molecular weight excluding hydrogens is 288 g/mol. The zero-order chi connectivity index (χ0) is 16.8. The number of ether oxygens (including phenoxy) is 2. The second-order valence-corrected chi connectivity index (χ2v) is 6.90. The van der Waals surface area contributed by atoms with Crippen LogP contribution in [0.15, 0.2) is 18.2 Å². The van der Waals surface area contributed by atoms with Gasteiger partial charge in [0.1, 0.15) is 11.5 Å². The van der Waals surface area contributed by atoms with E-state index in [0.717, 1.165) is 31.0 Å². The van der Waals surface area contributed by atoms with Crippen molar-refractivity contribution in [2.75, 3.05) is 33.4 Å². The van der Waals surface area contributed by atoms with Gasteiger partial charge >= 0.3 is 0 Å². The van der Waals surface area contributed by atoms with Crippen molar-refractivity contribution in [1.29, 1.82) is 0 Å². The van der Waals surface area contributed by atoms with Gasteiger partial charge in [0.15, 0.2) is 0 Å². The third kappa shape index (κ3) is 4.61. The van der Waals surface area contributed by atoms with Gasteiger partial charge in [0.2, 0.25) is 0 Å². The first kappa shape index (κ1) is 18.1. The lowest BCUT2D eigenvalue weighted by Crippen LogP contribution is -2.43. The summed E-state index contributed by atoms with van der Waals surface area (Å²) in [6, 6.07) is 6.32. The van der Waals surface area contributed by atoms with Crippen molar-refractivity contribution in [3.05, 3.63) is 23.8 Å². The Labute approximate surface area is 140 Å². The molecule has 3 atom stereocenters. The van der Waals surface area contributed by atoms with Gasteiger partial charge in [0, 0.05) is 31.3 Å². The summed E-state index contributed by atoms with van der Waals surface area (Å²) in [5.74, 6) is 3.17. The Bertz CT molecular complexity index is 482. The molecule has 3 unspecified atom stereocenters. The fourth-order valence-corrected chi connectivity index (χ4v) is 3.69. The summed E-state index contributed by atoms with van der Waals surface area (Å²) >= 11 is 0. The monoisotopic (exact) mass is 320 g/mol. The van der Waals surface area contributed by atoms with E-state index in [-0.39, 0.29) is 6.04 Å². The molecule has 0 saturated carbocycles. The molecule has 4 heteroatoms. The lowest BCUT2D eigenvalue weighted by atomic mass is 9.89. The maximum absolute atomic E-state index is 6.17. The maximum atomic E-state index is 6.17. The minimum atomic E-state index is 0.206. The van der Waals surface area contributed by atoms with Gasteiger partial charge in [-0.15, -0.1) is 0 Å². The van der Waals surface area contributed by atoms with Gasteiger partial charge in [-0.25, -0.2) is 0 Å². The van der Waals surface area contributed by atoms with Crippen molar-refractivity contribution in [1.82, 2.24) is 4.90 Å². The summed E-state index contributed by atoms with van der Waals surface area (Å²) in [4.78, 5) is 2.53. The van der Waals surface area contributed by atoms with Crippen LogP contribution in [-0.4, -0.2) is 38.3 Å². The van der Waals surface area contributed by atoms with E-state index in [4.69, 9.17) is 15.2 Å². The summed E-state index contributed by atoms with van der Waals surface area (Å²) < 4.78 is 11.4. The maximum Gasteiger partial charge on any atom is 0.127 e. The standard InChI is InChI=1S/C19H32N2O2/c1-5-8-23-19-10-16(22-4)6-7-17(19)18(11-20)21-12-14(2)9-15(3)13-21/h6-7,10,14-15,18H,5,8-9,11-13,20H2,1-4H3. The molecule has 23 heavy (non-hydrogen) atoms. The van der Waals surface area contributed by atoms with E-state index in [9.17, 15) is 0 Å². The number of benzene rings is 1. The summed E-state index contributed by atoms with van der Waals surface area (Å²) in [7, 11) is 1.69. The molecule has 0 aromatic heterocycles. The largest absolute Gasteiger partial charge is 0.497 e. The summed E-state index contributed by atoms with van der Waals surface area (Å²) in [6.07, 6.45) is 2.29. The predicted molar refractivity (Wildman–Crippen MR) is 95.1 cm³/mol. The Morgan fingerprint density at radius 1 is 1.26 bits per heavy atom. The highest BCUT2D eigenvalue weighted by atomic mass is 16.5. The zero-order valence-corrected chi connectivity index (χ0v) is 15.0. The van der Waals surface area contributed by atoms with E-state index in [1.807, 2.05) is 12.1 Å². The van der Waals surface area contributed by atoms with Crippen LogP contribution in [0.2, 0.25) is 0 Å². The molecule has 1 aromatic rings. The number of rotatable bonds is 7. The second-order valence-electron chi connectivity index (χ2n) is 6.90. The van der Waals surface area contributed by atoms with Gasteiger partial charge < -0.3 is 15.2 Å². The van der Waals surface area contributed by atoms with Crippen LogP contribution in [0.25, 0.3) is 0 Å². The first-order valence-corrected chi connectivity index (χ1v) is 8.83. The van der Waals surface area contributed by atoms with Crippen molar-refractivity contribution in [3.63, 3.8) is 0 Å². The van der Waals surface area contributed by atoms with Crippen molar-refractivity contribution in [2.24, 2.45) is 17.6 Å². The van der Waals surface area contributed by atoms with E-state index in [2.05, 4.69) is 31.7 Å². The van der Waals surface area contributed by atoms with Crippen LogP contribution >= 0.6 is 0 Å². The molecule has 1 heterocycles. The number of piperidine rings is 1. The highest BCUT2D eigenvalue weighted by Crippen LogP contribution is 2.35. The van der Waals surface area contributed by atoms with Crippen molar-refractivity contribution < 1.29 is 9.47 Å². The molecule has 1 saturated heterocycles. The molecule has 1 fully saturated rings. The quantitative estimate of drug-likeness (QED) is 0.836. The Hall–Kier alpha value is -1.26. The molecule has 2 rings (SSSR count). The van der Waals surface area contributed by atoms with Crippen molar-refractivity contribution in [3.8, 4) is 11.5 Å². The number of nitrogens with zero attached hydrogens (tertiary/aromatic N) is 1. The van der Waals surface area contributed by atoms with Crippen LogP contribution in [0, 0.1) is 11.8 Å². The molecular formula is C19H32N2O2. The molecule has 1 aliphatic heterocycles. The molecule has 0 radical (unpaired) electrons. The molecule has 2 N–H and O–H groups in total. The molecule has 1 aliphatic rings. The van der Waals surface area contributed by atoms with E-state index >= 15 is 0 Å². The van der Waals surface area contributed by atoms with Gasteiger partial charge in [-0.05, 0) is 30.7 Å². The van der Waals surface area contributed by atoms with Gasteiger partial charge in [0.05, 0.1) is 19.8 Å². The molecule has 4 nitrogen and oxygen atoms in total. The van der Waals surface area contributed by atoms with E-state index < -0.39 is 0 Å². The minimum absolute atomic E-state index is 0.206. The SMILES string of the molecule is CCCOc1cc(OC)ccc1C(CN)N1CC(C)CC(C)C1. The zero-order valence-electron chi connectivity index (χ0n) is 15.0. The number of likely N-dealkylation sites (tertiary alicyclic amines) is 1. The highest BCUT2D eigenvalue weighted by molar-refractivity contribution is 5.43. The minimum Gasteiger partial charge on any atom is -0.497 e. The van der Waals surface area contributed by atoms with Crippen LogP contribution in [0.4, 0.5) is 0 Å². The first-order valence-electron chi connectivity index (χ1n) is 8.83. The van der Waals surface area contributed by atoms with Crippen molar-refractivity contribution >= 4 is 0 Å².